The zero-order chi connectivity index (χ0) is 16.9. The minimum absolute atomic E-state index is 0.0437. The molecule has 0 aliphatic rings. The summed E-state index contributed by atoms with van der Waals surface area (Å²) in [7, 11) is 1.66. The van der Waals surface area contributed by atoms with Gasteiger partial charge in [-0.15, -0.1) is 11.3 Å². The Kier molecular flexibility index (Phi) is 5.91. The maximum atomic E-state index is 12.2. The molecule has 2 aromatic rings. The zero-order valence-corrected chi connectivity index (χ0v) is 15.0. The van der Waals surface area contributed by atoms with E-state index in [0.717, 1.165) is 17.1 Å². The number of aromatic nitrogens is 1. The molecule has 23 heavy (non-hydrogen) atoms. The molecule has 0 saturated carbocycles. The largest absolute Gasteiger partial charge is 0.378 e. The predicted octanol–water partition coefficient (Wildman–Crippen LogP) is 3.56. The molecule has 1 aromatic carbocycles. The maximum absolute atomic E-state index is 12.2. The molecule has 5 heteroatoms. The lowest BCUT2D eigenvalue weighted by atomic mass is 9.87. The normalized spacial score (nSPS) is 11.5. The van der Waals surface area contributed by atoms with E-state index in [1.54, 1.807) is 18.4 Å². The maximum Gasteiger partial charge on any atom is 0.251 e. The molecule has 1 amide bonds. The van der Waals surface area contributed by atoms with Gasteiger partial charge in [0.15, 0.2) is 0 Å². The van der Waals surface area contributed by atoms with Gasteiger partial charge in [-0.1, -0.05) is 32.9 Å². The summed E-state index contributed by atoms with van der Waals surface area (Å²) in [5, 5.41) is 5.92. The van der Waals surface area contributed by atoms with Crippen molar-refractivity contribution in [2.24, 2.45) is 0 Å². The number of ether oxygens (including phenoxy) is 1. The Morgan fingerprint density at radius 1 is 1.26 bits per heavy atom. The van der Waals surface area contributed by atoms with Crippen LogP contribution in [0.4, 0.5) is 0 Å². The second kappa shape index (κ2) is 7.70. The lowest BCUT2D eigenvalue weighted by Crippen LogP contribution is -2.26. The first kappa shape index (κ1) is 17.6. The molecule has 1 heterocycles. The topological polar surface area (TPSA) is 51.2 Å². The van der Waals surface area contributed by atoms with Gasteiger partial charge in [-0.25, -0.2) is 4.98 Å². The third-order valence-electron chi connectivity index (χ3n) is 3.55. The van der Waals surface area contributed by atoms with Crippen molar-refractivity contribution in [3.05, 3.63) is 51.5 Å². The van der Waals surface area contributed by atoms with Gasteiger partial charge in [-0.3, -0.25) is 4.79 Å². The van der Waals surface area contributed by atoms with Gasteiger partial charge in [0.1, 0.15) is 5.01 Å². The van der Waals surface area contributed by atoms with Crippen LogP contribution in [0.3, 0.4) is 0 Å². The van der Waals surface area contributed by atoms with Crippen LogP contribution in [0.1, 0.15) is 47.4 Å². The SMILES string of the molecule is COCc1nc(CCNC(=O)c2ccc(C(C)(C)C)cc2)cs1. The van der Waals surface area contributed by atoms with E-state index in [2.05, 4.69) is 31.1 Å². The van der Waals surface area contributed by atoms with Gasteiger partial charge >= 0.3 is 0 Å². The fraction of sp³-hybridized carbons (Fsp3) is 0.444. The van der Waals surface area contributed by atoms with Crippen LogP contribution >= 0.6 is 11.3 Å². The van der Waals surface area contributed by atoms with Gasteiger partial charge in [-0.2, -0.15) is 0 Å². The van der Waals surface area contributed by atoms with Crippen LogP contribution in [0.5, 0.6) is 0 Å². The molecule has 124 valence electrons. The first-order valence-electron chi connectivity index (χ1n) is 7.71. The molecule has 0 aliphatic heterocycles. The van der Waals surface area contributed by atoms with Gasteiger partial charge in [0, 0.05) is 31.0 Å². The molecule has 1 N–H and O–H groups in total. The van der Waals surface area contributed by atoms with Gasteiger partial charge < -0.3 is 10.1 Å². The van der Waals surface area contributed by atoms with Gasteiger partial charge in [-0.05, 0) is 23.1 Å². The summed E-state index contributed by atoms with van der Waals surface area (Å²) in [6, 6.07) is 7.81. The number of benzene rings is 1. The number of amides is 1. The van der Waals surface area contributed by atoms with Crippen molar-refractivity contribution in [1.82, 2.24) is 10.3 Å². The smallest absolute Gasteiger partial charge is 0.251 e. The quantitative estimate of drug-likeness (QED) is 0.880. The molecule has 1 aromatic heterocycles. The molecule has 0 radical (unpaired) electrons. The Bertz CT molecular complexity index is 642. The number of rotatable bonds is 6. The molecule has 0 aliphatic carbocycles. The molecule has 0 atom stereocenters. The summed E-state index contributed by atoms with van der Waals surface area (Å²) in [6.45, 7) is 7.60. The van der Waals surface area contributed by atoms with Crippen LogP contribution in [0, 0.1) is 0 Å². The zero-order valence-electron chi connectivity index (χ0n) is 14.2. The van der Waals surface area contributed by atoms with Crippen molar-refractivity contribution in [3.8, 4) is 0 Å². The highest BCUT2D eigenvalue weighted by atomic mass is 32.1. The molecule has 2 rings (SSSR count). The number of nitrogens with one attached hydrogen (secondary N) is 1. The minimum atomic E-state index is -0.0437. The Hall–Kier alpha value is -1.72. The van der Waals surface area contributed by atoms with E-state index in [0.29, 0.717) is 18.7 Å². The third kappa shape index (κ3) is 5.15. The van der Waals surface area contributed by atoms with Crippen molar-refractivity contribution in [1.29, 1.82) is 0 Å². The molecule has 0 fully saturated rings. The van der Waals surface area contributed by atoms with Crippen molar-refractivity contribution in [2.45, 2.75) is 39.2 Å². The second-order valence-corrected chi connectivity index (χ2v) is 7.44. The van der Waals surface area contributed by atoms with Gasteiger partial charge in [0.2, 0.25) is 0 Å². The van der Waals surface area contributed by atoms with E-state index in [-0.39, 0.29) is 11.3 Å². The Morgan fingerprint density at radius 2 is 1.96 bits per heavy atom. The van der Waals surface area contributed by atoms with Crippen LogP contribution in [0.2, 0.25) is 0 Å². The Morgan fingerprint density at radius 3 is 2.57 bits per heavy atom. The van der Waals surface area contributed by atoms with Gasteiger partial charge in [0.05, 0.1) is 12.3 Å². The summed E-state index contributed by atoms with van der Waals surface area (Å²) in [4.78, 5) is 16.6. The second-order valence-electron chi connectivity index (χ2n) is 6.50. The first-order chi connectivity index (χ1) is 10.9. The summed E-state index contributed by atoms with van der Waals surface area (Å²) >= 11 is 1.58. The monoisotopic (exact) mass is 332 g/mol. The Balaban J connectivity index is 1.84. The molecule has 4 nitrogen and oxygen atoms in total. The predicted molar refractivity (Wildman–Crippen MR) is 94.0 cm³/mol. The molecule has 0 unspecified atom stereocenters. The van der Waals surface area contributed by atoms with Gasteiger partial charge in [0.25, 0.3) is 5.91 Å². The molecule has 0 saturated heterocycles. The number of carbonyl (C=O) groups excluding carboxylic acids is 1. The van der Waals surface area contributed by atoms with Crippen molar-refractivity contribution in [2.75, 3.05) is 13.7 Å². The summed E-state index contributed by atoms with van der Waals surface area (Å²) < 4.78 is 5.05. The molecular weight excluding hydrogens is 308 g/mol. The van der Waals surface area contributed by atoms with Crippen molar-refractivity contribution < 1.29 is 9.53 Å². The molecular formula is C18H24N2O2S. The van der Waals surface area contributed by atoms with E-state index in [1.807, 2.05) is 29.6 Å². The average Bonchev–Trinajstić information content (AvgIpc) is 2.94. The van der Waals surface area contributed by atoms with Crippen LogP contribution in [0.25, 0.3) is 0 Å². The van der Waals surface area contributed by atoms with Crippen LogP contribution < -0.4 is 5.32 Å². The molecule has 0 spiro atoms. The summed E-state index contributed by atoms with van der Waals surface area (Å²) in [5.41, 5.74) is 3.00. The average molecular weight is 332 g/mol. The number of nitrogens with zero attached hydrogens (tertiary/aromatic N) is 1. The van der Waals surface area contributed by atoms with E-state index < -0.39 is 0 Å². The van der Waals surface area contributed by atoms with Crippen molar-refractivity contribution in [3.63, 3.8) is 0 Å². The van der Waals surface area contributed by atoms with E-state index in [1.165, 1.54) is 5.56 Å². The number of hydrogen-bond acceptors (Lipinski definition) is 4. The van der Waals surface area contributed by atoms with Crippen LogP contribution in [0.15, 0.2) is 29.6 Å². The minimum Gasteiger partial charge on any atom is -0.378 e. The fourth-order valence-electron chi connectivity index (χ4n) is 2.18. The lowest BCUT2D eigenvalue weighted by Gasteiger charge is -2.19. The standard InChI is InChI=1S/C18H24N2O2S/c1-18(2,3)14-7-5-13(6-8-14)17(21)19-10-9-15-12-23-16(20-15)11-22-4/h5-8,12H,9-11H2,1-4H3,(H,19,21). The lowest BCUT2D eigenvalue weighted by molar-refractivity contribution is 0.0954. The first-order valence-corrected chi connectivity index (χ1v) is 8.59. The molecule has 0 bridgehead atoms. The summed E-state index contributed by atoms with van der Waals surface area (Å²) in [5.74, 6) is -0.0437. The summed E-state index contributed by atoms with van der Waals surface area (Å²) in [6.07, 6.45) is 0.728. The van der Waals surface area contributed by atoms with Crippen LogP contribution in [-0.4, -0.2) is 24.5 Å². The Labute approximate surface area is 141 Å². The number of hydrogen-bond donors (Lipinski definition) is 1. The van der Waals surface area contributed by atoms with E-state index in [9.17, 15) is 4.79 Å². The highest BCUT2D eigenvalue weighted by Crippen LogP contribution is 2.22. The van der Waals surface area contributed by atoms with Crippen molar-refractivity contribution >= 4 is 17.2 Å². The fourth-order valence-corrected chi connectivity index (χ4v) is 2.98. The highest BCUT2D eigenvalue weighted by Gasteiger charge is 2.14. The highest BCUT2D eigenvalue weighted by molar-refractivity contribution is 7.09. The van der Waals surface area contributed by atoms with E-state index in [4.69, 9.17) is 4.74 Å². The third-order valence-corrected chi connectivity index (χ3v) is 4.42. The van der Waals surface area contributed by atoms with E-state index >= 15 is 0 Å². The number of thiazole rings is 1. The van der Waals surface area contributed by atoms with Crippen LogP contribution in [-0.2, 0) is 23.2 Å². The number of carbonyl (C=O) groups is 1. The number of methoxy groups -OCH3 is 1.